The van der Waals surface area contributed by atoms with Crippen LogP contribution in [0, 0.1) is 13.8 Å². The smallest absolute Gasteiger partial charge is 0.166 e. The Kier molecular flexibility index (Phi) is 5.33. The Balaban J connectivity index is 1.85. The van der Waals surface area contributed by atoms with Gasteiger partial charge in [0.05, 0.1) is 20.8 Å². The molecule has 0 atom stereocenters. The molecule has 0 saturated carbocycles. The lowest BCUT2D eigenvalue weighted by molar-refractivity contribution is 0.411. The van der Waals surface area contributed by atoms with Gasteiger partial charge in [0.2, 0.25) is 0 Å². The Morgan fingerprint density at radius 1 is 1.06 bits per heavy atom. The first-order chi connectivity index (χ1) is 14.9. The molecule has 0 fully saturated rings. The number of rotatable bonds is 6. The first-order valence-corrected chi connectivity index (χ1v) is 9.87. The Bertz CT molecular complexity index is 1280. The first-order valence-electron chi connectivity index (χ1n) is 9.87. The van der Waals surface area contributed by atoms with Gasteiger partial charge in [-0.25, -0.2) is 15.0 Å². The number of imidazole rings is 1. The summed E-state index contributed by atoms with van der Waals surface area (Å²) in [4.78, 5) is 13.3. The van der Waals surface area contributed by atoms with Gasteiger partial charge in [0, 0.05) is 5.57 Å². The average molecular weight is 415 g/mol. The number of nitrogens with zero attached hydrogens (tertiary/aromatic N) is 4. The second-order valence-electron chi connectivity index (χ2n) is 7.40. The fourth-order valence-corrected chi connectivity index (χ4v) is 3.59. The largest absolute Gasteiger partial charge is 0.497 e. The number of hydrogen-bond acceptors (Lipinski definition) is 6. The van der Waals surface area contributed by atoms with Crippen molar-refractivity contribution in [2.45, 2.75) is 20.4 Å². The monoisotopic (exact) mass is 415 g/mol. The van der Waals surface area contributed by atoms with Gasteiger partial charge in [-0.2, -0.15) is 0 Å². The third kappa shape index (κ3) is 3.70. The van der Waals surface area contributed by atoms with E-state index in [1.165, 1.54) is 6.33 Å². The van der Waals surface area contributed by atoms with Crippen LogP contribution < -0.4 is 15.2 Å². The summed E-state index contributed by atoms with van der Waals surface area (Å²) in [7, 11) is 3.32. The molecule has 7 heteroatoms. The molecule has 0 spiro atoms. The molecule has 0 aliphatic heterocycles. The lowest BCUT2D eigenvalue weighted by Crippen LogP contribution is -2.06. The van der Waals surface area contributed by atoms with Crippen LogP contribution in [0.1, 0.15) is 28.1 Å². The maximum absolute atomic E-state index is 6.11. The molecule has 4 rings (SSSR count). The van der Waals surface area contributed by atoms with E-state index in [1.807, 2.05) is 41.8 Å². The lowest BCUT2D eigenvalue weighted by atomic mass is 10.00. The summed E-state index contributed by atoms with van der Waals surface area (Å²) in [6.07, 6.45) is 1.45. The number of nitrogens with two attached hydrogens (primary N) is 1. The number of fused-ring (bicyclic) bond motifs is 1. The average Bonchev–Trinajstić information content (AvgIpc) is 3.15. The topological polar surface area (TPSA) is 88.1 Å². The van der Waals surface area contributed by atoms with E-state index in [-0.39, 0.29) is 0 Å². The molecule has 7 nitrogen and oxygen atoms in total. The van der Waals surface area contributed by atoms with Gasteiger partial charge in [-0.05, 0) is 54.3 Å². The first kappa shape index (κ1) is 20.4. The van der Waals surface area contributed by atoms with Crippen molar-refractivity contribution in [3.63, 3.8) is 0 Å². The van der Waals surface area contributed by atoms with Gasteiger partial charge in [-0.15, -0.1) is 0 Å². The van der Waals surface area contributed by atoms with E-state index < -0.39 is 0 Å². The SMILES string of the molecule is C=C(c1cc(C)c(C)c(OC)c1)c1nc2c(N)ncnc2n1Cc1ccc(OC)cc1. The van der Waals surface area contributed by atoms with E-state index in [0.29, 0.717) is 29.4 Å². The molecule has 0 amide bonds. The summed E-state index contributed by atoms with van der Waals surface area (Å²) in [5.74, 6) is 2.64. The summed E-state index contributed by atoms with van der Waals surface area (Å²) < 4.78 is 12.8. The highest BCUT2D eigenvalue weighted by Crippen LogP contribution is 2.32. The number of anilines is 1. The molecule has 0 aliphatic rings. The Morgan fingerprint density at radius 2 is 1.81 bits per heavy atom. The van der Waals surface area contributed by atoms with Crippen molar-refractivity contribution >= 4 is 22.6 Å². The maximum Gasteiger partial charge on any atom is 0.166 e. The van der Waals surface area contributed by atoms with Gasteiger partial charge in [0.1, 0.15) is 23.7 Å². The number of nitrogen functional groups attached to an aromatic ring is 1. The Labute approximate surface area is 181 Å². The van der Waals surface area contributed by atoms with E-state index in [1.54, 1.807) is 14.2 Å². The molecule has 0 unspecified atom stereocenters. The van der Waals surface area contributed by atoms with Crippen LogP contribution in [0.3, 0.4) is 0 Å². The molecule has 31 heavy (non-hydrogen) atoms. The zero-order chi connectivity index (χ0) is 22.1. The fraction of sp³-hybridized carbons (Fsp3) is 0.208. The van der Waals surface area contributed by atoms with E-state index in [4.69, 9.17) is 20.2 Å². The van der Waals surface area contributed by atoms with Crippen molar-refractivity contribution in [1.82, 2.24) is 19.5 Å². The molecular weight excluding hydrogens is 390 g/mol. The maximum atomic E-state index is 6.11. The van der Waals surface area contributed by atoms with E-state index in [9.17, 15) is 0 Å². The quantitative estimate of drug-likeness (QED) is 0.509. The van der Waals surface area contributed by atoms with Crippen LogP contribution in [0.15, 0.2) is 49.3 Å². The highest BCUT2D eigenvalue weighted by Gasteiger charge is 2.19. The van der Waals surface area contributed by atoms with Crippen LogP contribution in [-0.4, -0.2) is 33.7 Å². The standard InChI is InChI=1S/C24H25N5O2/c1-14-10-18(11-20(31-5)15(14)2)16(3)23-28-21-22(25)26-13-27-24(21)29(23)12-17-6-8-19(30-4)9-7-17/h6-11,13H,3,12H2,1-2,4-5H3,(H2,25,26,27). The van der Waals surface area contributed by atoms with Crippen LogP contribution in [0.5, 0.6) is 11.5 Å². The second-order valence-corrected chi connectivity index (χ2v) is 7.40. The third-order valence-electron chi connectivity index (χ3n) is 5.52. The fourth-order valence-electron chi connectivity index (χ4n) is 3.59. The van der Waals surface area contributed by atoms with Crippen LogP contribution in [0.4, 0.5) is 5.82 Å². The number of ether oxygens (including phenoxy) is 2. The molecule has 4 aromatic rings. The van der Waals surface area contributed by atoms with Crippen molar-refractivity contribution in [2.75, 3.05) is 20.0 Å². The Hall–Kier alpha value is -3.87. The molecule has 0 aliphatic carbocycles. The minimum atomic E-state index is 0.338. The second kappa shape index (κ2) is 8.10. The normalized spacial score (nSPS) is 11.0. The van der Waals surface area contributed by atoms with Crippen molar-refractivity contribution in [3.05, 3.63) is 77.4 Å². The van der Waals surface area contributed by atoms with Crippen molar-refractivity contribution in [2.24, 2.45) is 0 Å². The summed E-state index contributed by atoms with van der Waals surface area (Å²) in [6, 6.07) is 12.0. The third-order valence-corrected chi connectivity index (χ3v) is 5.52. The molecular formula is C24H25N5O2. The van der Waals surface area contributed by atoms with Gasteiger partial charge >= 0.3 is 0 Å². The molecule has 0 bridgehead atoms. The van der Waals surface area contributed by atoms with E-state index in [0.717, 1.165) is 39.3 Å². The lowest BCUT2D eigenvalue weighted by Gasteiger charge is -2.14. The number of hydrogen-bond donors (Lipinski definition) is 1. The predicted octanol–water partition coefficient (Wildman–Crippen LogP) is 4.15. The molecule has 2 aromatic heterocycles. The van der Waals surface area contributed by atoms with Crippen molar-refractivity contribution < 1.29 is 9.47 Å². The molecule has 2 N–H and O–H groups in total. The highest BCUT2D eigenvalue weighted by atomic mass is 16.5. The van der Waals surface area contributed by atoms with E-state index in [2.05, 4.69) is 29.5 Å². The van der Waals surface area contributed by atoms with Gasteiger partial charge in [-0.1, -0.05) is 24.8 Å². The number of aromatic nitrogens is 4. The summed E-state index contributed by atoms with van der Waals surface area (Å²) >= 11 is 0. The zero-order valence-corrected chi connectivity index (χ0v) is 18.1. The molecule has 2 aromatic carbocycles. The number of methoxy groups -OCH3 is 2. The van der Waals surface area contributed by atoms with Gasteiger partial charge in [-0.3, -0.25) is 0 Å². The number of aryl methyl sites for hydroxylation is 1. The summed E-state index contributed by atoms with van der Waals surface area (Å²) in [5.41, 5.74) is 12.3. The molecule has 158 valence electrons. The molecule has 0 radical (unpaired) electrons. The van der Waals surface area contributed by atoms with Crippen molar-refractivity contribution in [1.29, 1.82) is 0 Å². The number of benzene rings is 2. The molecule has 2 heterocycles. The minimum absolute atomic E-state index is 0.338. The minimum Gasteiger partial charge on any atom is -0.497 e. The van der Waals surface area contributed by atoms with Crippen LogP contribution >= 0.6 is 0 Å². The highest BCUT2D eigenvalue weighted by molar-refractivity contribution is 5.87. The summed E-state index contributed by atoms with van der Waals surface area (Å²) in [6.45, 7) is 8.99. The van der Waals surface area contributed by atoms with Crippen LogP contribution in [0.2, 0.25) is 0 Å². The van der Waals surface area contributed by atoms with Gasteiger partial charge in [0.25, 0.3) is 0 Å². The van der Waals surface area contributed by atoms with E-state index >= 15 is 0 Å². The Morgan fingerprint density at radius 3 is 2.48 bits per heavy atom. The zero-order valence-electron chi connectivity index (χ0n) is 18.1. The van der Waals surface area contributed by atoms with Crippen LogP contribution in [-0.2, 0) is 6.54 Å². The predicted molar refractivity (Wildman–Crippen MR) is 122 cm³/mol. The van der Waals surface area contributed by atoms with Gasteiger partial charge < -0.3 is 19.8 Å². The molecule has 0 saturated heterocycles. The summed E-state index contributed by atoms with van der Waals surface area (Å²) in [5, 5.41) is 0. The van der Waals surface area contributed by atoms with Crippen molar-refractivity contribution in [3.8, 4) is 11.5 Å². The van der Waals surface area contributed by atoms with Crippen LogP contribution in [0.25, 0.3) is 16.7 Å². The van der Waals surface area contributed by atoms with Gasteiger partial charge in [0.15, 0.2) is 17.0 Å².